The molecule has 2 rings (SSSR count). The number of hydrogen-bond donors (Lipinski definition) is 1. The molecule has 0 bridgehead atoms. The summed E-state index contributed by atoms with van der Waals surface area (Å²) >= 11 is 1.44. The van der Waals surface area contributed by atoms with E-state index in [0.717, 1.165) is 23.1 Å². The molecule has 8 heteroatoms. The lowest BCUT2D eigenvalue weighted by molar-refractivity contribution is -0.384. The molecule has 2 aromatic rings. The van der Waals surface area contributed by atoms with Gasteiger partial charge in [0.25, 0.3) is 5.69 Å². The maximum absolute atomic E-state index is 13.3. The number of carbonyl (C=O) groups is 2. The van der Waals surface area contributed by atoms with E-state index in [-0.39, 0.29) is 29.3 Å². The standard InChI is InChI=1S/C25H33N3O4S/c1-5-19(4)26-25(30)23(6-2)27(15-21-9-7-8-18(3)14-21)24(29)17-33-16-20-10-12-22(13-11-20)28(31)32/h7-14,19,23H,5-6,15-17H2,1-4H3,(H,26,30)/t19-,23+/m0/s1. The van der Waals surface area contributed by atoms with Gasteiger partial charge in [0.1, 0.15) is 6.04 Å². The third kappa shape index (κ3) is 8.20. The van der Waals surface area contributed by atoms with Crippen LogP contribution in [0.4, 0.5) is 5.69 Å². The number of aryl methyl sites for hydroxylation is 1. The largest absolute Gasteiger partial charge is 0.352 e. The van der Waals surface area contributed by atoms with Gasteiger partial charge in [0.2, 0.25) is 11.8 Å². The van der Waals surface area contributed by atoms with Gasteiger partial charge in [0, 0.05) is 30.5 Å². The minimum absolute atomic E-state index is 0.0407. The van der Waals surface area contributed by atoms with Crippen molar-refractivity contribution in [1.29, 1.82) is 0 Å². The number of benzene rings is 2. The summed E-state index contributed by atoms with van der Waals surface area (Å²) in [7, 11) is 0. The zero-order chi connectivity index (χ0) is 24.4. The Morgan fingerprint density at radius 2 is 1.79 bits per heavy atom. The lowest BCUT2D eigenvalue weighted by Gasteiger charge is -2.31. The summed E-state index contributed by atoms with van der Waals surface area (Å²) < 4.78 is 0. The molecule has 2 amide bonds. The van der Waals surface area contributed by atoms with Gasteiger partial charge < -0.3 is 10.2 Å². The summed E-state index contributed by atoms with van der Waals surface area (Å²) in [6, 6.07) is 13.8. The molecule has 0 fully saturated rings. The van der Waals surface area contributed by atoms with Gasteiger partial charge in [-0.25, -0.2) is 0 Å². The van der Waals surface area contributed by atoms with Crippen LogP contribution >= 0.6 is 11.8 Å². The van der Waals surface area contributed by atoms with Gasteiger partial charge in [-0.1, -0.05) is 55.8 Å². The fraction of sp³-hybridized carbons (Fsp3) is 0.440. The average Bonchev–Trinajstić information content (AvgIpc) is 2.79. The maximum Gasteiger partial charge on any atom is 0.269 e. The molecule has 0 spiro atoms. The van der Waals surface area contributed by atoms with Crippen molar-refractivity contribution in [1.82, 2.24) is 10.2 Å². The first-order chi connectivity index (χ1) is 15.7. The Balaban J connectivity index is 2.12. The normalized spacial score (nSPS) is 12.6. The lowest BCUT2D eigenvalue weighted by Crippen LogP contribution is -2.51. The Labute approximate surface area is 200 Å². The third-order valence-corrected chi connectivity index (χ3v) is 6.45. The second-order valence-electron chi connectivity index (χ2n) is 8.17. The molecule has 0 saturated heterocycles. The first-order valence-electron chi connectivity index (χ1n) is 11.2. The van der Waals surface area contributed by atoms with Crippen LogP contribution in [0.15, 0.2) is 48.5 Å². The summed E-state index contributed by atoms with van der Waals surface area (Å²) in [5.74, 6) is 0.538. The Morgan fingerprint density at radius 1 is 1.09 bits per heavy atom. The van der Waals surface area contributed by atoms with Gasteiger partial charge in [-0.15, -0.1) is 11.8 Å². The molecule has 0 aliphatic heterocycles. The van der Waals surface area contributed by atoms with Crippen molar-refractivity contribution in [2.24, 2.45) is 0 Å². The minimum Gasteiger partial charge on any atom is -0.352 e. The molecule has 33 heavy (non-hydrogen) atoms. The third-order valence-electron chi connectivity index (χ3n) is 5.46. The van der Waals surface area contributed by atoms with Crippen molar-refractivity contribution in [3.05, 3.63) is 75.3 Å². The van der Waals surface area contributed by atoms with Gasteiger partial charge in [-0.3, -0.25) is 19.7 Å². The zero-order valence-electron chi connectivity index (χ0n) is 19.7. The predicted molar refractivity (Wildman–Crippen MR) is 133 cm³/mol. The van der Waals surface area contributed by atoms with E-state index in [1.54, 1.807) is 17.0 Å². The number of hydrogen-bond acceptors (Lipinski definition) is 5. The number of rotatable bonds is 12. The average molecular weight is 472 g/mol. The number of nitrogens with zero attached hydrogens (tertiary/aromatic N) is 2. The van der Waals surface area contributed by atoms with Crippen LogP contribution in [-0.2, 0) is 21.9 Å². The number of nitro benzene ring substituents is 1. The Bertz CT molecular complexity index is 949. The van der Waals surface area contributed by atoms with Gasteiger partial charge in [-0.2, -0.15) is 0 Å². The van der Waals surface area contributed by atoms with Crippen LogP contribution in [0, 0.1) is 17.0 Å². The van der Waals surface area contributed by atoms with Crippen LogP contribution < -0.4 is 5.32 Å². The second-order valence-corrected chi connectivity index (χ2v) is 9.15. The second kappa shape index (κ2) is 13.0. The van der Waals surface area contributed by atoms with Gasteiger partial charge in [-0.05, 0) is 37.8 Å². The van der Waals surface area contributed by atoms with E-state index >= 15 is 0 Å². The van der Waals surface area contributed by atoms with Crippen molar-refractivity contribution >= 4 is 29.3 Å². The lowest BCUT2D eigenvalue weighted by atomic mass is 10.1. The van der Waals surface area contributed by atoms with Crippen LogP contribution in [0.2, 0.25) is 0 Å². The Kier molecular flexibility index (Phi) is 10.4. The predicted octanol–water partition coefficient (Wildman–Crippen LogP) is 4.86. The molecule has 1 N–H and O–H groups in total. The summed E-state index contributed by atoms with van der Waals surface area (Å²) in [6.45, 7) is 8.25. The highest BCUT2D eigenvalue weighted by Gasteiger charge is 2.29. The fourth-order valence-corrected chi connectivity index (χ4v) is 4.29. The minimum atomic E-state index is -0.549. The molecule has 0 aliphatic rings. The highest BCUT2D eigenvalue weighted by atomic mass is 32.2. The van der Waals surface area contributed by atoms with Gasteiger partial charge >= 0.3 is 0 Å². The molecule has 0 aliphatic carbocycles. The first kappa shape index (κ1) is 26.4. The smallest absolute Gasteiger partial charge is 0.269 e. The fourth-order valence-electron chi connectivity index (χ4n) is 3.42. The van der Waals surface area contributed by atoms with Crippen molar-refractivity contribution in [2.45, 2.75) is 64.9 Å². The molecule has 7 nitrogen and oxygen atoms in total. The highest BCUT2D eigenvalue weighted by molar-refractivity contribution is 7.99. The summed E-state index contributed by atoms with van der Waals surface area (Å²) in [5.41, 5.74) is 3.04. The van der Waals surface area contributed by atoms with Crippen LogP contribution in [0.1, 0.15) is 50.3 Å². The Hall–Kier alpha value is -2.87. The van der Waals surface area contributed by atoms with Crippen LogP contribution in [-0.4, -0.2) is 39.5 Å². The molecule has 0 heterocycles. The van der Waals surface area contributed by atoms with Crippen LogP contribution in [0.5, 0.6) is 0 Å². The van der Waals surface area contributed by atoms with Crippen molar-refractivity contribution < 1.29 is 14.5 Å². The molecule has 0 radical (unpaired) electrons. The van der Waals surface area contributed by atoms with Crippen molar-refractivity contribution in [3.63, 3.8) is 0 Å². The number of carbonyl (C=O) groups excluding carboxylic acids is 2. The molecule has 0 saturated carbocycles. The highest BCUT2D eigenvalue weighted by Crippen LogP contribution is 2.19. The van der Waals surface area contributed by atoms with Gasteiger partial charge in [0.15, 0.2) is 0 Å². The van der Waals surface area contributed by atoms with E-state index in [0.29, 0.717) is 18.7 Å². The summed E-state index contributed by atoms with van der Waals surface area (Å²) in [4.78, 5) is 38.3. The van der Waals surface area contributed by atoms with E-state index in [2.05, 4.69) is 5.32 Å². The maximum atomic E-state index is 13.3. The number of amides is 2. The zero-order valence-corrected chi connectivity index (χ0v) is 20.6. The molecular formula is C25H33N3O4S. The van der Waals surface area contributed by atoms with E-state index in [1.807, 2.05) is 52.0 Å². The quantitative estimate of drug-likeness (QED) is 0.353. The number of non-ortho nitro benzene ring substituents is 1. The monoisotopic (exact) mass is 471 g/mol. The summed E-state index contributed by atoms with van der Waals surface area (Å²) in [6.07, 6.45) is 1.34. The van der Waals surface area contributed by atoms with Crippen molar-refractivity contribution in [2.75, 3.05) is 5.75 Å². The Morgan fingerprint density at radius 3 is 2.36 bits per heavy atom. The molecule has 2 atom stereocenters. The molecule has 0 unspecified atom stereocenters. The van der Waals surface area contributed by atoms with E-state index in [4.69, 9.17) is 0 Å². The molecule has 0 aromatic heterocycles. The number of nitrogens with one attached hydrogen (secondary N) is 1. The van der Waals surface area contributed by atoms with E-state index in [1.165, 1.54) is 23.9 Å². The SMILES string of the molecule is CC[C@H](C(=O)N[C@@H](C)CC)N(Cc1cccc(C)c1)C(=O)CSCc1ccc([N+](=O)[O-])cc1. The molecular weight excluding hydrogens is 438 g/mol. The van der Waals surface area contributed by atoms with Crippen LogP contribution in [0.3, 0.4) is 0 Å². The van der Waals surface area contributed by atoms with Crippen molar-refractivity contribution in [3.8, 4) is 0 Å². The molecule has 178 valence electrons. The number of nitro groups is 1. The summed E-state index contributed by atoms with van der Waals surface area (Å²) in [5, 5.41) is 13.8. The number of thioether (sulfide) groups is 1. The van der Waals surface area contributed by atoms with E-state index < -0.39 is 11.0 Å². The van der Waals surface area contributed by atoms with Gasteiger partial charge in [0.05, 0.1) is 10.7 Å². The van der Waals surface area contributed by atoms with Crippen LogP contribution in [0.25, 0.3) is 0 Å². The van der Waals surface area contributed by atoms with E-state index in [9.17, 15) is 19.7 Å². The molecule has 2 aromatic carbocycles. The topological polar surface area (TPSA) is 92.6 Å². The first-order valence-corrected chi connectivity index (χ1v) is 12.4.